The zero-order valence-electron chi connectivity index (χ0n) is 22.2. The number of hydrogen-bond acceptors (Lipinski definition) is 2. The number of halogens is 1. The van der Waals surface area contributed by atoms with Crippen molar-refractivity contribution in [3.8, 4) is 11.5 Å². The van der Waals surface area contributed by atoms with Gasteiger partial charge in [-0.25, -0.2) is 9.48 Å². The maximum Gasteiger partial charge on any atom is 0.322 e. The Labute approximate surface area is 233 Å². The molecular weight excluding hydrogens is 506 g/mol. The Morgan fingerprint density at radius 2 is 1.79 bits per heavy atom. The van der Waals surface area contributed by atoms with Crippen molar-refractivity contribution in [2.75, 3.05) is 5.32 Å². The van der Waals surface area contributed by atoms with Crippen LogP contribution < -0.4 is 5.32 Å². The van der Waals surface area contributed by atoms with Crippen LogP contribution in [-0.4, -0.2) is 25.3 Å². The molecule has 0 fully saturated rings. The van der Waals surface area contributed by atoms with Crippen molar-refractivity contribution in [3.63, 3.8) is 0 Å². The Bertz CT molecular complexity index is 1670. The second-order valence-electron chi connectivity index (χ2n) is 9.94. The van der Waals surface area contributed by atoms with Gasteiger partial charge in [0.15, 0.2) is 0 Å². The van der Waals surface area contributed by atoms with Gasteiger partial charge in [0.05, 0.1) is 29.7 Å². The monoisotopic (exact) mass is 535 g/mol. The summed E-state index contributed by atoms with van der Waals surface area (Å²) in [6.45, 7) is 6.51. The van der Waals surface area contributed by atoms with Crippen LogP contribution in [0.2, 0.25) is 5.02 Å². The summed E-state index contributed by atoms with van der Waals surface area (Å²) in [4.78, 5) is 16.1. The van der Waals surface area contributed by atoms with Gasteiger partial charge in [0.25, 0.3) is 0 Å². The molecule has 0 aliphatic carbocycles. The van der Waals surface area contributed by atoms with Crippen LogP contribution in [0.4, 0.5) is 10.5 Å². The number of carbonyl (C=O) groups excluding carboxylic acids is 1. The highest BCUT2D eigenvalue weighted by Gasteiger charge is 2.36. The molecule has 0 spiro atoms. The number of anilines is 1. The summed E-state index contributed by atoms with van der Waals surface area (Å²) < 4.78 is 4.20. The number of aryl methyl sites for hydroxylation is 2. The standard InChI is InChI=1S/C32H30ClN5O/c1-4-27-25-20-37(32(39)34-28-16-9-15-26(33)22(28)3)30(23-12-8-11-21(2)19-23)29-17-10-18-36(29)31(25)38(35-27)24-13-6-5-7-14-24/h5-19,30H,4,20H2,1-3H3,(H,34,39)/t30-/m0/s1. The van der Waals surface area contributed by atoms with Gasteiger partial charge in [0, 0.05) is 22.5 Å². The van der Waals surface area contributed by atoms with Crippen LogP contribution in [0.1, 0.15) is 46.6 Å². The number of nitrogens with zero attached hydrogens (tertiary/aromatic N) is 4. The molecule has 0 radical (unpaired) electrons. The predicted molar refractivity (Wildman–Crippen MR) is 156 cm³/mol. The quantitative estimate of drug-likeness (QED) is 0.257. The summed E-state index contributed by atoms with van der Waals surface area (Å²) in [5.41, 5.74) is 7.71. The van der Waals surface area contributed by atoms with E-state index in [4.69, 9.17) is 16.7 Å². The van der Waals surface area contributed by atoms with Crippen LogP contribution in [0.3, 0.4) is 0 Å². The van der Waals surface area contributed by atoms with Gasteiger partial charge in [0.2, 0.25) is 0 Å². The molecule has 6 nitrogen and oxygen atoms in total. The van der Waals surface area contributed by atoms with E-state index in [0.717, 1.165) is 51.6 Å². The third-order valence-electron chi connectivity index (χ3n) is 7.43. The highest BCUT2D eigenvalue weighted by molar-refractivity contribution is 6.31. The Morgan fingerprint density at radius 1 is 1.00 bits per heavy atom. The number of fused-ring (bicyclic) bond motifs is 3. The Balaban J connectivity index is 1.56. The average molecular weight is 536 g/mol. The molecular formula is C32H30ClN5O. The Kier molecular flexibility index (Phi) is 6.49. The first-order valence-corrected chi connectivity index (χ1v) is 13.6. The average Bonchev–Trinajstić information content (AvgIpc) is 3.52. The molecule has 7 heteroatoms. The second kappa shape index (κ2) is 10.1. The number of benzene rings is 3. The molecule has 5 aromatic rings. The molecule has 0 saturated heterocycles. The maximum atomic E-state index is 14.2. The fourth-order valence-corrected chi connectivity index (χ4v) is 5.64. The number of aromatic nitrogens is 3. The lowest BCUT2D eigenvalue weighted by atomic mass is 10.00. The minimum absolute atomic E-state index is 0.193. The largest absolute Gasteiger partial charge is 0.322 e. The number of nitrogens with one attached hydrogen (secondary N) is 1. The van der Waals surface area contributed by atoms with E-state index in [1.54, 1.807) is 0 Å². The van der Waals surface area contributed by atoms with Gasteiger partial charge in [-0.1, -0.05) is 72.6 Å². The summed E-state index contributed by atoms with van der Waals surface area (Å²) in [5.74, 6) is 0.963. The Hall–Kier alpha value is -4.29. The van der Waals surface area contributed by atoms with Gasteiger partial charge in [-0.15, -0.1) is 0 Å². The van der Waals surface area contributed by atoms with Crippen molar-refractivity contribution < 1.29 is 4.79 Å². The van der Waals surface area contributed by atoms with Crippen LogP contribution in [-0.2, 0) is 13.0 Å². The fourth-order valence-electron chi connectivity index (χ4n) is 5.47. The molecule has 0 bridgehead atoms. The van der Waals surface area contributed by atoms with E-state index in [-0.39, 0.29) is 12.1 Å². The molecule has 1 atom stereocenters. The summed E-state index contributed by atoms with van der Waals surface area (Å²) in [6, 6.07) is 27.8. The molecule has 3 heterocycles. The lowest BCUT2D eigenvalue weighted by molar-refractivity contribution is 0.194. The minimum Gasteiger partial charge on any atom is -0.307 e. The van der Waals surface area contributed by atoms with Crippen molar-refractivity contribution in [3.05, 3.63) is 130 Å². The molecule has 3 aromatic carbocycles. The SMILES string of the molecule is CCc1nn(-c2ccccc2)c2c1CN(C(=O)Nc1cccc(Cl)c1C)[C@@H](c1cccc(C)c1)c1cccn1-2. The fraction of sp³-hybridized carbons (Fsp3) is 0.188. The predicted octanol–water partition coefficient (Wildman–Crippen LogP) is 7.63. The van der Waals surface area contributed by atoms with Crippen LogP contribution in [0.25, 0.3) is 11.5 Å². The van der Waals surface area contributed by atoms with E-state index >= 15 is 0 Å². The van der Waals surface area contributed by atoms with Crippen LogP contribution in [0.5, 0.6) is 0 Å². The van der Waals surface area contributed by atoms with Gasteiger partial charge in [-0.2, -0.15) is 5.10 Å². The number of carbonyl (C=O) groups is 1. The smallest absolute Gasteiger partial charge is 0.307 e. The number of hydrogen-bond donors (Lipinski definition) is 1. The van der Waals surface area contributed by atoms with E-state index in [1.165, 1.54) is 0 Å². The maximum absolute atomic E-state index is 14.2. The second-order valence-corrected chi connectivity index (χ2v) is 10.3. The summed E-state index contributed by atoms with van der Waals surface area (Å²) in [6.07, 6.45) is 2.82. The molecule has 1 aliphatic heterocycles. The van der Waals surface area contributed by atoms with Gasteiger partial charge in [0.1, 0.15) is 5.82 Å². The number of rotatable bonds is 4. The summed E-state index contributed by atoms with van der Waals surface area (Å²) >= 11 is 6.39. The van der Waals surface area contributed by atoms with E-state index in [2.05, 4.69) is 72.4 Å². The molecule has 0 saturated carbocycles. The van der Waals surface area contributed by atoms with E-state index in [9.17, 15) is 4.79 Å². The molecule has 1 N–H and O–H groups in total. The van der Waals surface area contributed by atoms with E-state index < -0.39 is 0 Å². The lowest BCUT2D eigenvalue weighted by Crippen LogP contribution is -2.38. The van der Waals surface area contributed by atoms with E-state index in [1.807, 2.05) is 59.0 Å². The molecule has 0 unspecified atom stereocenters. The normalized spacial score (nSPS) is 14.5. The van der Waals surface area contributed by atoms with E-state index in [0.29, 0.717) is 17.3 Å². The molecule has 196 valence electrons. The minimum atomic E-state index is -0.319. The van der Waals surface area contributed by atoms with Gasteiger partial charge < -0.3 is 14.8 Å². The van der Waals surface area contributed by atoms with Crippen LogP contribution in [0, 0.1) is 13.8 Å². The topological polar surface area (TPSA) is 55.1 Å². The van der Waals surface area contributed by atoms with Crippen molar-refractivity contribution in [2.24, 2.45) is 0 Å². The van der Waals surface area contributed by atoms with Crippen molar-refractivity contribution in [1.82, 2.24) is 19.2 Å². The summed E-state index contributed by atoms with van der Waals surface area (Å²) in [5, 5.41) is 8.81. The molecule has 2 amide bonds. The number of para-hydroxylation sites is 1. The van der Waals surface area contributed by atoms with Crippen molar-refractivity contribution in [2.45, 2.75) is 39.8 Å². The van der Waals surface area contributed by atoms with Crippen molar-refractivity contribution in [1.29, 1.82) is 0 Å². The Morgan fingerprint density at radius 3 is 2.56 bits per heavy atom. The van der Waals surface area contributed by atoms with Gasteiger partial charge >= 0.3 is 6.03 Å². The van der Waals surface area contributed by atoms with Gasteiger partial charge in [-0.05, 0) is 67.8 Å². The third-order valence-corrected chi connectivity index (χ3v) is 7.84. The highest BCUT2D eigenvalue weighted by Crippen LogP contribution is 2.39. The highest BCUT2D eigenvalue weighted by atomic mass is 35.5. The first-order chi connectivity index (χ1) is 19.0. The van der Waals surface area contributed by atoms with Gasteiger partial charge in [-0.3, -0.25) is 0 Å². The first kappa shape index (κ1) is 25.0. The summed E-state index contributed by atoms with van der Waals surface area (Å²) in [7, 11) is 0. The third kappa shape index (κ3) is 4.41. The zero-order valence-corrected chi connectivity index (χ0v) is 23.0. The molecule has 39 heavy (non-hydrogen) atoms. The lowest BCUT2D eigenvalue weighted by Gasteiger charge is -2.31. The number of amides is 2. The first-order valence-electron chi connectivity index (χ1n) is 13.2. The van der Waals surface area contributed by atoms with Crippen LogP contribution >= 0.6 is 11.6 Å². The zero-order chi connectivity index (χ0) is 27.1. The molecule has 2 aromatic heterocycles. The van der Waals surface area contributed by atoms with Crippen LogP contribution in [0.15, 0.2) is 91.1 Å². The van der Waals surface area contributed by atoms with Crippen molar-refractivity contribution >= 4 is 23.3 Å². The molecule has 1 aliphatic rings. The molecule has 6 rings (SSSR count). The number of urea groups is 1.